The summed E-state index contributed by atoms with van der Waals surface area (Å²) in [4.78, 5) is 50.0. The average molecular weight is 447 g/mol. The van der Waals surface area contributed by atoms with E-state index in [1.165, 1.54) is 10.8 Å². The lowest BCUT2D eigenvalue weighted by Gasteiger charge is -2.27. The van der Waals surface area contributed by atoms with Gasteiger partial charge in [-0.05, 0) is 12.0 Å². The molecule has 0 bridgehead atoms. The minimum atomic E-state index is -1.43. The summed E-state index contributed by atoms with van der Waals surface area (Å²) < 4.78 is 15.4. The van der Waals surface area contributed by atoms with Gasteiger partial charge in [0.05, 0.1) is 17.7 Å². The van der Waals surface area contributed by atoms with Gasteiger partial charge in [0.25, 0.3) is 0 Å². The van der Waals surface area contributed by atoms with E-state index in [0.29, 0.717) is 17.3 Å². The van der Waals surface area contributed by atoms with Crippen LogP contribution in [-0.2, 0) is 9.59 Å². The lowest BCUT2D eigenvalue weighted by Crippen LogP contribution is -2.53. The van der Waals surface area contributed by atoms with Gasteiger partial charge < -0.3 is 26.4 Å². The van der Waals surface area contributed by atoms with Crippen LogP contribution in [0.4, 0.5) is 19.7 Å². The number of primary amides is 1. The third-order valence-corrected chi connectivity index (χ3v) is 5.78. The molecule has 2 heterocycles. The van der Waals surface area contributed by atoms with Gasteiger partial charge in [0, 0.05) is 18.0 Å². The first-order valence-corrected chi connectivity index (χ1v) is 10.3. The Bertz CT molecular complexity index is 1050. The number of carbonyl (C=O) groups is 4. The Morgan fingerprint density at radius 2 is 1.97 bits per heavy atom. The summed E-state index contributed by atoms with van der Waals surface area (Å²) >= 11 is 0. The summed E-state index contributed by atoms with van der Waals surface area (Å²) in [6.07, 6.45) is 0.193. The molecular formula is C21H26FN5O5. The van der Waals surface area contributed by atoms with Crippen LogP contribution in [0.3, 0.4) is 0 Å². The number of halogens is 1. The van der Waals surface area contributed by atoms with E-state index in [0.717, 1.165) is 4.90 Å². The Labute approximate surface area is 183 Å². The van der Waals surface area contributed by atoms with Gasteiger partial charge in [-0.3, -0.25) is 9.36 Å². The fourth-order valence-corrected chi connectivity index (χ4v) is 3.84. The van der Waals surface area contributed by atoms with E-state index in [1.54, 1.807) is 38.1 Å². The zero-order valence-electron chi connectivity index (χ0n) is 17.7. The van der Waals surface area contributed by atoms with E-state index >= 15 is 0 Å². The molecule has 0 radical (unpaired) electrons. The number of carboxylic acids is 1. The van der Waals surface area contributed by atoms with Gasteiger partial charge in [0.1, 0.15) is 18.3 Å². The van der Waals surface area contributed by atoms with Crippen LogP contribution in [0.5, 0.6) is 0 Å². The highest BCUT2D eigenvalue weighted by molar-refractivity contribution is 6.05. The summed E-state index contributed by atoms with van der Waals surface area (Å²) in [6.45, 7) is 3.16. The fraction of sp³-hybridized carbons (Fsp3) is 0.429. The quantitative estimate of drug-likeness (QED) is 0.536. The molecule has 10 nitrogen and oxygen atoms in total. The largest absolute Gasteiger partial charge is 0.480 e. The minimum Gasteiger partial charge on any atom is -0.480 e. The number of para-hydroxylation sites is 1. The number of nitrogens with zero attached hydrogens (tertiary/aromatic N) is 2. The highest BCUT2D eigenvalue weighted by Crippen LogP contribution is 2.28. The maximum atomic E-state index is 14.2. The second-order valence-electron chi connectivity index (χ2n) is 7.91. The van der Waals surface area contributed by atoms with E-state index in [9.17, 15) is 28.7 Å². The molecule has 1 aliphatic heterocycles. The predicted octanol–water partition coefficient (Wildman–Crippen LogP) is 2.13. The number of amides is 4. The zero-order valence-corrected chi connectivity index (χ0v) is 17.7. The van der Waals surface area contributed by atoms with Crippen molar-refractivity contribution in [3.05, 3.63) is 30.5 Å². The number of likely N-dealkylation sites (tertiary alicyclic amines) is 1. The molecule has 11 heteroatoms. The fourth-order valence-electron chi connectivity index (χ4n) is 3.84. The predicted molar refractivity (Wildman–Crippen MR) is 115 cm³/mol. The number of alkyl halides is 1. The van der Waals surface area contributed by atoms with Crippen molar-refractivity contribution in [3.63, 3.8) is 0 Å². The van der Waals surface area contributed by atoms with Gasteiger partial charge in [-0.1, -0.05) is 38.5 Å². The molecule has 1 aliphatic rings. The lowest BCUT2D eigenvalue weighted by molar-refractivity contribution is -0.143. The van der Waals surface area contributed by atoms with Gasteiger partial charge in [0.2, 0.25) is 5.91 Å². The number of benzene rings is 1. The highest BCUT2D eigenvalue weighted by Gasteiger charge is 2.41. The van der Waals surface area contributed by atoms with Crippen LogP contribution in [0.2, 0.25) is 0 Å². The molecule has 0 spiro atoms. The number of carboxylic acid groups (broad SMARTS) is 1. The van der Waals surface area contributed by atoms with Crippen LogP contribution in [0.25, 0.3) is 10.9 Å². The van der Waals surface area contributed by atoms with Crippen LogP contribution >= 0.6 is 0 Å². The first-order chi connectivity index (χ1) is 15.1. The molecule has 32 heavy (non-hydrogen) atoms. The molecule has 1 saturated heterocycles. The second kappa shape index (κ2) is 9.25. The van der Waals surface area contributed by atoms with Crippen molar-refractivity contribution >= 4 is 40.5 Å². The smallest absolute Gasteiger partial charge is 0.326 e. The zero-order chi connectivity index (χ0) is 23.6. The molecule has 1 aromatic carbocycles. The second-order valence-corrected chi connectivity index (χ2v) is 7.91. The molecule has 4 atom stereocenters. The number of hydrogen-bond acceptors (Lipinski definition) is 4. The molecule has 0 aliphatic carbocycles. The first kappa shape index (κ1) is 23.0. The normalized spacial score (nSPS) is 20.0. The summed E-state index contributed by atoms with van der Waals surface area (Å²) in [5, 5.41) is 15.0. The Hall–Kier alpha value is -3.63. The van der Waals surface area contributed by atoms with Crippen LogP contribution in [0.15, 0.2) is 30.5 Å². The highest BCUT2D eigenvalue weighted by atomic mass is 19.1. The monoisotopic (exact) mass is 447 g/mol. The number of nitrogens with two attached hydrogens (primary N) is 1. The Kier molecular flexibility index (Phi) is 6.66. The molecule has 172 valence electrons. The van der Waals surface area contributed by atoms with Crippen LogP contribution in [0, 0.1) is 5.92 Å². The van der Waals surface area contributed by atoms with Crippen molar-refractivity contribution in [1.29, 1.82) is 0 Å². The number of aliphatic carboxylic acids is 1. The van der Waals surface area contributed by atoms with Crippen LogP contribution in [0.1, 0.15) is 26.7 Å². The van der Waals surface area contributed by atoms with Crippen molar-refractivity contribution in [3.8, 4) is 0 Å². The number of nitrogens with one attached hydrogen (secondary N) is 2. The minimum absolute atomic E-state index is 0.241. The number of hydrogen-bond donors (Lipinski definition) is 4. The Balaban J connectivity index is 1.81. The Morgan fingerprint density at radius 3 is 2.59 bits per heavy atom. The molecule has 5 N–H and O–H groups in total. The average Bonchev–Trinajstić information content (AvgIpc) is 3.32. The molecule has 0 unspecified atom stereocenters. The number of rotatable bonds is 6. The standard InChI is InChI=1S/C21H26FN5O5/c1-3-11(2)17(19(29)30)25-18(28)16-8-12(22)9-27(16)21(32)24-14-10-26(20(23)31)15-7-5-4-6-13(14)15/h4-7,10-12,16-17H,3,8-9H2,1-2H3,(H2,23,31)(H,24,32)(H,25,28)(H,29,30)/t11-,12+,16-,17-/m0/s1. The maximum absolute atomic E-state index is 14.2. The third kappa shape index (κ3) is 4.51. The van der Waals surface area contributed by atoms with E-state index in [4.69, 9.17) is 5.73 Å². The number of carbonyl (C=O) groups excluding carboxylic acids is 3. The third-order valence-electron chi connectivity index (χ3n) is 5.78. The molecule has 1 fully saturated rings. The van der Waals surface area contributed by atoms with Gasteiger partial charge >= 0.3 is 18.0 Å². The number of anilines is 1. The summed E-state index contributed by atoms with van der Waals surface area (Å²) in [5.41, 5.74) is 6.13. The van der Waals surface area contributed by atoms with Crippen molar-refractivity contribution in [2.24, 2.45) is 11.7 Å². The summed E-state index contributed by atoms with van der Waals surface area (Å²) in [5.74, 6) is -2.27. The number of aromatic nitrogens is 1. The molecular weight excluding hydrogens is 421 g/mol. The molecule has 0 saturated carbocycles. The van der Waals surface area contributed by atoms with E-state index in [1.807, 2.05) is 0 Å². The molecule has 2 aromatic rings. The van der Waals surface area contributed by atoms with E-state index in [-0.39, 0.29) is 24.6 Å². The van der Waals surface area contributed by atoms with Crippen molar-refractivity contribution < 1.29 is 28.7 Å². The van der Waals surface area contributed by atoms with Crippen molar-refractivity contribution in [2.45, 2.75) is 44.9 Å². The van der Waals surface area contributed by atoms with E-state index < -0.39 is 42.2 Å². The van der Waals surface area contributed by atoms with Gasteiger partial charge in [-0.2, -0.15) is 0 Å². The number of urea groups is 1. The van der Waals surface area contributed by atoms with Crippen molar-refractivity contribution in [1.82, 2.24) is 14.8 Å². The molecule has 1 aromatic heterocycles. The van der Waals surface area contributed by atoms with E-state index in [2.05, 4.69) is 10.6 Å². The number of fused-ring (bicyclic) bond motifs is 1. The van der Waals surface area contributed by atoms with Gasteiger partial charge in [-0.25, -0.2) is 18.8 Å². The van der Waals surface area contributed by atoms with Gasteiger partial charge in [-0.15, -0.1) is 0 Å². The van der Waals surface area contributed by atoms with Gasteiger partial charge in [0.15, 0.2) is 0 Å². The SMILES string of the molecule is CC[C@H](C)[C@H](NC(=O)[C@@H]1C[C@@H](F)CN1C(=O)Nc1cn(C(N)=O)c2ccccc12)C(=O)O. The Morgan fingerprint density at radius 1 is 1.28 bits per heavy atom. The first-order valence-electron chi connectivity index (χ1n) is 10.3. The lowest BCUT2D eigenvalue weighted by atomic mass is 9.99. The summed E-state index contributed by atoms with van der Waals surface area (Å²) in [7, 11) is 0. The maximum Gasteiger partial charge on any atom is 0.326 e. The topological polar surface area (TPSA) is 147 Å². The van der Waals surface area contributed by atoms with Crippen molar-refractivity contribution in [2.75, 3.05) is 11.9 Å². The van der Waals surface area contributed by atoms with Crippen LogP contribution in [-0.4, -0.2) is 63.3 Å². The molecule has 4 amide bonds. The molecule has 3 rings (SSSR count). The van der Waals surface area contributed by atoms with Crippen LogP contribution < -0.4 is 16.4 Å². The summed E-state index contributed by atoms with van der Waals surface area (Å²) in [6, 6.07) is 2.96.